The summed E-state index contributed by atoms with van der Waals surface area (Å²) in [5.41, 5.74) is -0.390. The summed E-state index contributed by atoms with van der Waals surface area (Å²) in [5.74, 6) is -15.5. The molecule has 0 fully saturated rings. The van der Waals surface area contributed by atoms with E-state index >= 15 is 0 Å². The van der Waals surface area contributed by atoms with Crippen LogP contribution in [0.25, 0.3) is 0 Å². The predicted octanol–water partition coefficient (Wildman–Crippen LogP) is 3.78. The topological polar surface area (TPSA) is 84.9 Å². The maximum atomic E-state index is 13.8. The largest absolute Gasteiger partial charge is 0.444 e. The molecule has 11 heteroatoms. The predicted molar refractivity (Wildman–Crippen MR) is 101 cm³/mol. The van der Waals surface area contributed by atoms with Crippen molar-refractivity contribution in [1.29, 1.82) is 0 Å². The number of carbonyl (C=O) groups is 2. The molecule has 2 rings (SSSR count). The molecule has 2 atom stereocenters. The molecule has 0 radical (unpaired) electrons. The first kappa shape index (κ1) is 25.1. The standard InChI is InChI=1S/C21H20F5NO5/c1-21(2,3)32-20(30)27-11(9-10-7-5-4-6-8-10)17(28)19(29)31-18-15(25)13(23)12(22)14(24)16(18)26/h4-8,11,17,28H,9H2,1-3H3,(H,27,30). The van der Waals surface area contributed by atoms with Gasteiger partial charge in [0, 0.05) is 0 Å². The van der Waals surface area contributed by atoms with E-state index in [1.807, 2.05) is 0 Å². The minimum atomic E-state index is -2.44. The minimum Gasteiger partial charge on any atom is -0.444 e. The Labute approximate surface area is 179 Å². The van der Waals surface area contributed by atoms with Gasteiger partial charge in [-0.25, -0.2) is 22.8 Å². The number of aliphatic hydroxyl groups is 1. The van der Waals surface area contributed by atoms with Gasteiger partial charge in [-0.05, 0) is 32.8 Å². The molecule has 0 saturated carbocycles. The number of aliphatic hydroxyl groups excluding tert-OH is 1. The molecule has 0 aliphatic carbocycles. The van der Waals surface area contributed by atoms with Gasteiger partial charge in [-0.3, -0.25) is 0 Å². The van der Waals surface area contributed by atoms with Crippen LogP contribution in [0.1, 0.15) is 26.3 Å². The Bertz CT molecular complexity index is 965. The van der Waals surface area contributed by atoms with Gasteiger partial charge in [-0.1, -0.05) is 30.3 Å². The van der Waals surface area contributed by atoms with Gasteiger partial charge in [0.05, 0.1) is 6.04 Å². The normalized spacial score (nSPS) is 13.3. The number of ether oxygens (including phenoxy) is 2. The number of halogens is 5. The van der Waals surface area contributed by atoms with Crippen molar-refractivity contribution in [2.45, 2.75) is 44.9 Å². The van der Waals surface area contributed by atoms with Crippen LogP contribution in [0, 0.1) is 29.1 Å². The SMILES string of the molecule is CC(C)(C)OC(=O)NC(Cc1ccccc1)C(O)C(=O)Oc1c(F)c(F)c(F)c(F)c1F. The highest BCUT2D eigenvalue weighted by molar-refractivity contribution is 5.79. The van der Waals surface area contributed by atoms with Crippen molar-refractivity contribution in [2.24, 2.45) is 0 Å². The quantitative estimate of drug-likeness (QED) is 0.225. The molecule has 32 heavy (non-hydrogen) atoms. The molecule has 0 heterocycles. The maximum absolute atomic E-state index is 13.8. The van der Waals surface area contributed by atoms with Gasteiger partial charge in [-0.2, -0.15) is 8.78 Å². The molecule has 2 aromatic carbocycles. The summed E-state index contributed by atoms with van der Waals surface area (Å²) in [6.07, 6.45) is -3.44. The zero-order chi connectivity index (χ0) is 24.2. The first-order valence-corrected chi connectivity index (χ1v) is 9.26. The lowest BCUT2D eigenvalue weighted by molar-refractivity contribution is -0.145. The monoisotopic (exact) mass is 461 g/mol. The Kier molecular flexibility index (Phi) is 7.78. The van der Waals surface area contributed by atoms with Crippen molar-refractivity contribution < 1.29 is 46.1 Å². The molecule has 1 amide bonds. The molecule has 6 nitrogen and oxygen atoms in total. The molecule has 0 spiro atoms. The Morgan fingerprint density at radius 1 is 0.938 bits per heavy atom. The first-order valence-electron chi connectivity index (χ1n) is 9.26. The van der Waals surface area contributed by atoms with E-state index in [-0.39, 0.29) is 6.42 Å². The van der Waals surface area contributed by atoms with Gasteiger partial charge in [-0.15, -0.1) is 0 Å². The van der Waals surface area contributed by atoms with E-state index in [1.165, 1.54) is 0 Å². The summed E-state index contributed by atoms with van der Waals surface area (Å²) in [6.45, 7) is 4.69. The van der Waals surface area contributed by atoms with Crippen LogP contribution in [0.5, 0.6) is 5.75 Å². The van der Waals surface area contributed by atoms with E-state index < -0.39 is 64.6 Å². The van der Waals surface area contributed by atoms with Gasteiger partial charge in [0.2, 0.25) is 34.8 Å². The van der Waals surface area contributed by atoms with Crippen molar-refractivity contribution in [1.82, 2.24) is 5.32 Å². The molecule has 174 valence electrons. The van der Waals surface area contributed by atoms with Crippen LogP contribution in [-0.2, 0) is 16.0 Å². The third kappa shape index (κ3) is 6.16. The second-order valence-electron chi connectivity index (χ2n) is 7.71. The zero-order valence-electron chi connectivity index (χ0n) is 17.2. The van der Waals surface area contributed by atoms with E-state index in [2.05, 4.69) is 10.1 Å². The van der Waals surface area contributed by atoms with Crippen LogP contribution in [0.4, 0.5) is 26.7 Å². The number of amides is 1. The van der Waals surface area contributed by atoms with Gasteiger partial charge >= 0.3 is 12.1 Å². The Morgan fingerprint density at radius 3 is 1.94 bits per heavy atom. The van der Waals surface area contributed by atoms with Crippen LogP contribution in [-0.4, -0.2) is 34.9 Å². The Morgan fingerprint density at radius 2 is 1.44 bits per heavy atom. The number of hydrogen-bond acceptors (Lipinski definition) is 5. The summed E-state index contributed by atoms with van der Waals surface area (Å²) < 4.78 is 76.8. The molecule has 2 aromatic rings. The van der Waals surface area contributed by atoms with Crippen LogP contribution >= 0.6 is 0 Å². The van der Waals surface area contributed by atoms with Crippen molar-refractivity contribution in [3.8, 4) is 5.75 Å². The number of rotatable bonds is 6. The molecule has 0 aliphatic heterocycles. The molecule has 0 aliphatic rings. The van der Waals surface area contributed by atoms with Crippen LogP contribution < -0.4 is 10.1 Å². The van der Waals surface area contributed by atoms with Gasteiger partial charge in [0.25, 0.3) is 0 Å². The molecular weight excluding hydrogens is 441 g/mol. The number of alkyl carbamates (subject to hydrolysis) is 1. The lowest BCUT2D eigenvalue weighted by atomic mass is 10.0. The fraction of sp³-hybridized carbons (Fsp3) is 0.333. The highest BCUT2D eigenvalue weighted by Gasteiger charge is 2.34. The van der Waals surface area contributed by atoms with Crippen molar-refractivity contribution in [2.75, 3.05) is 0 Å². The highest BCUT2D eigenvalue weighted by atomic mass is 19.2. The average Bonchev–Trinajstić information content (AvgIpc) is 2.72. The van der Waals surface area contributed by atoms with E-state index in [9.17, 15) is 36.6 Å². The van der Waals surface area contributed by atoms with Crippen LogP contribution in [0.3, 0.4) is 0 Å². The second-order valence-corrected chi connectivity index (χ2v) is 7.71. The fourth-order valence-corrected chi connectivity index (χ4v) is 2.57. The number of esters is 1. The van der Waals surface area contributed by atoms with Crippen molar-refractivity contribution >= 4 is 12.1 Å². The Hall–Kier alpha value is -3.21. The van der Waals surface area contributed by atoms with E-state index in [0.29, 0.717) is 5.56 Å². The molecule has 0 saturated heterocycles. The summed E-state index contributed by atoms with van der Waals surface area (Å²) in [7, 11) is 0. The third-order valence-electron chi connectivity index (χ3n) is 4.00. The van der Waals surface area contributed by atoms with E-state index in [1.54, 1.807) is 51.1 Å². The molecule has 0 aromatic heterocycles. The number of hydrogen-bond donors (Lipinski definition) is 2. The van der Waals surface area contributed by atoms with Gasteiger partial charge in [0.15, 0.2) is 6.10 Å². The average molecular weight is 461 g/mol. The second kappa shape index (κ2) is 9.94. The Balaban J connectivity index is 2.29. The summed E-state index contributed by atoms with van der Waals surface area (Å²) in [5, 5.41) is 12.6. The van der Waals surface area contributed by atoms with Crippen molar-refractivity contribution in [3.05, 3.63) is 65.0 Å². The van der Waals surface area contributed by atoms with Crippen molar-refractivity contribution in [3.63, 3.8) is 0 Å². The zero-order valence-corrected chi connectivity index (χ0v) is 17.2. The molecule has 0 bridgehead atoms. The maximum Gasteiger partial charge on any atom is 0.407 e. The van der Waals surface area contributed by atoms with Crippen LogP contribution in [0.15, 0.2) is 30.3 Å². The summed E-state index contributed by atoms with van der Waals surface area (Å²) in [6, 6.07) is 6.74. The minimum absolute atomic E-state index is 0.159. The summed E-state index contributed by atoms with van der Waals surface area (Å²) >= 11 is 0. The van der Waals surface area contributed by atoms with Crippen LogP contribution in [0.2, 0.25) is 0 Å². The first-order chi connectivity index (χ1) is 14.8. The number of nitrogens with one attached hydrogen (secondary N) is 1. The smallest absolute Gasteiger partial charge is 0.407 e. The summed E-state index contributed by atoms with van der Waals surface area (Å²) in [4.78, 5) is 24.4. The third-order valence-corrected chi connectivity index (χ3v) is 4.00. The fourth-order valence-electron chi connectivity index (χ4n) is 2.57. The van der Waals surface area contributed by atoms with E-state index in [4.69, 9.17) is 4.74 Å². The molecule has 2 unspecified atom stereocenters. The number of benzene rings is 2. The molecular formula is C21H20F5NO5. The van der Waals surface area contributed by atoms with Gasteiger partial charge < -0.3 is 19.9 Å². The molecule has 2 N–H and O–H groups in total. The number of carbonyl (C=O) groups excluding carboxylic acids is 2. The van der Waals surface area contributed by atoms with E-state index in [0.717, 1.165) is 0 Å². The highest BCUT2D eigenvalue weighted by Crippen LogP contribution is 2.29. The lowest BCUT2D eigenvalue weighted by Gasteiger charge is -2.26. The van der Waals surface area contributed by atoms with Gasteiger partial charge in [0.1, 0.15) is 5.60 Å². The lowest BCUT2D eigenvalue weighted by Crippen LogP contribution is -2.50.